The van der Waals surface area contributed by atoms with E-state index in [0.717, 1.165) is 5.69 Å². The Labute approximate surface area is 101 Å². The van der Waals surface area contributed by atoms with Crippen LogP contribution in [0.5, 0.6) is 0 Å². The molecule has 1 aromatic rings. The maximum Gasteiger partial charge on any atom is 0.321 e. The molecular weight excluding hydrogens is 218 g/mol. The van der Waals surface area contributed by atoms with E-state index in [-0.39, 0.29) is 18.5 Å². The summed E-state index contributed by atoms with van der Waals surface area (Å²) in [5.74, 6) is -0.331. The molecule has 0 radical (unpaired) electrons. The van der Waals surface area contributed by atoms with Crippen LogP contribution in [0.3, 0.4) is 0 Å². The molecule has 92 valence electrons. The molecule has 5 nitrogen and oxygen atoms in total. The molecule has 5 heteroatoms. The highest BCUT2D eigenvalue weighted by molar-refractivity contribution is 5.93. The van der Waals surface area contributed by atoms with Crippen molar-refractivity contribution in [2.75, 3.05) is 0 Å². The van der Waals surface area contributed by atoms with Crippen LogP contribution in [-0.4, -0.2) is 18.0 Å². The SMILES string of the molecule is Cc1cccc[n+]1CC(=O)NC(=O)NC(C)C. The predicted octanol–water partition coefficient (Wildman–Crippen LogP) is 0.517. The third kappa shape index (κ3) is 4.63. The molecule has 0 bridgehead atoms. The number of imide groups is 1. The third-order valence-corrected chi connectivity index (χ3v) is 2.15. The molecule has 0 spiro atoms. The normalized spacial score (nSPS) is 10.1. The van der Waals surface area contributed by atoms with Crippen molar-refractivity contribution < 1.29 is 14.2 Å². The number of hydrogen-bond acceptors (Lipinski definition) is 2. The summed E-state index contributed by atoms with van der Waals surface area (Å²) in [5, 5.41) is 4.87. The Morgan fingerprint density at radius 1 is 1.35 bits per heavy atom. The predicted molar refractivity (Wildman–Crippen MR) is 63.2 cm³/mol. The van der Waals surface area contributed by atoms with Gasteiger partial charge >= 0.3 is 6.03 Å². The van der Waals surface area contributed by atoms with Gasteiger partial charge in [0.1, 0.15) is 0 Å². The lowest BCUT2D eigenvalue weighted by molar-refractivity contribution is -0.690. The van der Waals surface area contributed by atoms with Crippen molar-refractivity contribution in [3.8, 4) is 0 Å². The Morgan fingerprint density at radius 2 is 2.06 bits per heavy atom. The van der Waals surface area contributed by atoms with Crippen LogP contribution in [-0.2, 0) is 11.3 Å². The molecule has 0 saturated heterocycles. The van der Waals surface area contributed by atoms with Crippen molar-refractivity contribution >= 4 is 11.9 Å². The Kier molecular flexibility index (Phi) is 4.63. The number of urea groups is 1. The molecule has 2 N–H and O–H groups in total. The highest BCUT2D eigenvalue weighted by Crippen LogP contribution is 1.87. The van der Waals surface area contributed by atoms with Gasteiger partial charge in [0.25, 0.3) is 5.91 Å². The van der Waals surface area contributed by atoms with Crippen LogP contribution in [0.4, 0.5) is 4.79 Å². The largest absolute Gasteiger partial charge is 0.336 e. The molecule has 17 heavy (non-hydrogen) atoms. The fraction of sp³-hybridized carbons (Fsp3) is 0.417. The number of pyridine rings is 1. The minimum atomic E-state index is -0.459. The molecule has 1 rings (SSSR count). The zero-order valence-electron chi connectivity index (χ0n) is 10.4. The molecule has 0 aromatic carbocycles. The van der Waals surface area contributed by atoms with Crippen molar-refractivity contribution in [1.82, 2.24) is 10.6 Å². The Bertz CT molecular complexity index is 416. The zero-order chi connectivity index (χ0) is 12.8. The molecular formula is C12H18N3O2+. The summed E-state index contributed by atoms with van der Waals surface area (Å²) in [7, 11) is 0. The number of carbonyl (C=O) groups is 2. The molecule has 1 heterocycles. The third-order valence-electron chi connectivity index (χ3n) is 2.15. The van der Waals surface area contributed by atoms with E-state index in [4.69, 9.17) is 0 Å². The minimum absolute atomic E-state index is 0.00825. The average Bonchev–Trinajstić information content (AvgIpc) is 2.19. The topological polar surface area (TPSA) is 62.1 Å². The van der Waals surface area contributed by atoms with Crippen molar-refractivity contribution in [3.05, 3.63) is 30.1 Å². The Hall–Kier alpha value is -1.91. The first-order valence-electron chi connectivity index (χ1n) is 5.54. The number of aryl methyl sites for hydroxylation is 1. The number of nitrogens with one attached hydrogen (secondary N) is 2. The fourth-order valence-corrected chi connectivity index (χ4v) is 1.36. The number of amides is 3. The first-order valence-corrected chi connectivity index (χ1v) is 5.54. The number of aromatic nitrogens is 1. The Morgan fingerprint density at radius 3 is 2.65 bits per heavy atom. The van der Waals surface area contributed by atoms with E-state index in [1.807, 2.05) is 39.0 Å². The zero-order valence-corrected chi connectivity index (χ0v) is 10.4. The molecule has 0 saturated carbocycles. The molecule has 0 aliphatic rings. The van der Waals surface area contributed by atoms with Gasteiger partial charge in [-0.25, -0.2) is 4.79 Å². The van der Waals surface area contributed by atoms with E-state index in [2.05, 4.69) is 10.6 Å². The van der Waals surface area contributed by atoms with Crippen molar-refractivity contribution in [2.45, 2.75) is 33.4 Å². The monoisotopic (exact) mass is 236 g/mol. The highest BCUT2D eigenvalue weighted by atomic mass is 16.2. The van der Waals surface area contributed by atoms with E-state index < -0.39 is 6.03 Å². The van der Waals surface area contributed by atoms with Gasteiger partial charge in [-0.05, 0) is 13.8 Å². The maximum atomic E-state index is 11.6. The van der Waals surface area contributed by atoms with Gasteiger partial charge in [-0.1, -0.05) is 6.07 Å². The lowest BCUT2D eigenvalue weighted by Crippen LogP contribution is -2.49. The molecule has 0 atom stereocenters. The van der Waals surface area contributed by atoms with Crippen molar-refractivity contribution in [1.29, 1.82) is 0 Å². The number of nitrogens with zero attached hydrogens (tertiary/aromatic N) is 1. The average molecular weight is 236 g/mol. The van der Waals surface area contributed by atoms with Gasteiger partial charge < -0.3 is 5.32 Å². The van der Waals surface area contributed by atoms with Crippen LogP contribution in [0.1, 0.15) is 19.5 Å². The van der Waals surface area contributed by atoms with E-state index in [0.29, 0.717) is 0 Å². The lowest BCUT2D eigenvalue weighted by atomic mass is 10.3. The van der Waals surface area contributed by atoms with Gasteiger partial charge in [0, 0.05) is 25.1 Å². The van der Waals surface area contributed by atoms with Crippen molar-refractivity contribution in [2.24, 2.45) is 0 Å². The maximum absolute atomic E-state index is 11.6. The van der Waals surface area contributed by atoms with Crippen LogP contribution in [0.25, 0.3) is 0 Å². The van der Waals surface area contributed by atoms with Crippen LogP contribution >= 0.6 is 0 Å². The van der Waals surface area contributed by atoms with Gasteiger partial charge in [0.05, 0.1) is 0 Å². The van der Waals surface area contributed by atoms with Gasteiger partial charge in [-0.15, -0.1) is 0 Å². The minimum Gasteiger partial charge on any atom is -0.336 e. The Balaban J connectivity index is 2.51. The van der Waals surface area contributed by atoms with Gasteiger partial charge in [0.2, 0.25) is 6.54 Å². The van der Waals surface area contributed by atoms with Crippen molar-refractivity contribution in [3.63, 3.8) is 0 Å². The van der Waals surface area contributed by atoms with Crippen LogP contribution in [0.15, 0.2) is 24.4 Å². The highest BCUT2D eigenvalue weighted by Gasteiger charge is 2.14. The smallest absolute Gasteiger partial charge is 0.321 e. The summed E-state index contributed by atoms with van der Waals surface area (Å²) in [6.45, 7) is 5.71. The van der Waals surface area contributed by atoms with Gasteiger partial charge in [-0.2, -0.15) is 4.57 Å². The summed E-state index contributed by atoms with van der Waals surface area (Å²) < 4.78 is 1.78. The standard InChI is InChI=1S/C12H17N3O2/c1-9(2)13-12(17)14-11(16)8-15-7-5-4-6-10(15)3/h4-7,9H,8H2,1-3H3,(H-,13,14,16,17)/p+1. The van der Waals surface area contributed by atoms with Gasteiger partial charge in [0.15, 0.2) is 11.9 Å². The molecule has 0 unspecified atom stereocenters. The summed E-state index contributed by atoms with van der Waals surface area (Å²) in [5.41, 5.74) is 0.965. The van der Waals surface area contributed by atoms with Crippen LogP contribution in [0, 0.1) is 6.92 Å². The summed E-state index contributed by atoms with van der Waals surface area (Å²) in [6, 6.07) is 5.19. The molecule has 1 aromatic heterocycles. The summed E-state index contributed by atoms with van der Waals surface area (Å²) >= 11 is 0. The van der Waals surface area contributed by atoms with E-state index in [9.17, 15) is 9.59 Å². The van der Waals surface area contributed by atoms with Crippen LogP contribution in [0.2, 0.25) is 0 Å². The lowest BCUT2D eigenvalue weighted by Gasteiger charge is -2.08. The molecule has 0 fully saturated rings. The number of carbonyl (C=O) groups excluding carboxylic acids is 2. The molecule has 0 aliphatic carbocycles. The first kappa shape index (κ1) is 13.2. The number of hydrogen-bond donors (Lipinski definition) is 2. The van der Waals surface area contributed by atoms with E-state index in [1.54, 1.807) is 10.8 Å². The summed E-state index contributed by atoms with van der Waals surface area (Å²) in [6.07, 6.45) is 1.80. The molecule has 0 aliphatic heterocycles. The fourth-order valence-electron chi connectivity index (χ4n) is 1.36. The van der Waals surface area contributed by atoms with Gasteiger partial charge in [-0.3, -0.25) is 10.1 Å². The molecule has 3 amide bonds. The summed E-state index contributed by atoms with van der Waals surface area (Å²) in [4.78, 5) is 22.9. The second-order valence-corrected chi connectivity index (χ2v) is 4.15. The second-order valence-electron chi connectivity index (χ2n) is 4.15. The van der Waals surface area contributed by atoms with E-state index in [1.165, 1.54) is 0 Å². The quantitative estimate of drug-likeness (QED) is 0.751. The second kappa shape index (κ2) is 5.98. The van der Waals surface area contributed by atoms with E-state index >= 15 is 0 Å². The van der Waals surface area contributed by atoms with Crippen LogP contribution < -0.4 is 15.2 Å². The number of rotatable bonds is 3. The first-order chi connectivity index (χ1) is 7.99.